The molecular weight excluding hydrogens is 468 g/mol. The Bertz CT molecular complexity index is 1460. The molecule has 2 heterocycles. The molecule has 0 spiro atoms. The van der Waals surface area contributed by atoms with Gasteiger partial charge in [0.1, 0.15) is 5.75 Å². The number of nitro benzene ring substituents is 1. The van der Waals surface area contributed by atoms with E-state index in [1.807, 2.05) is 0 Å². The van der Waals surface area contributed by atoms with Crippen LogP contribution in [0, 0.1) is 10.1 Å². The lowest BCUT2D eigenvalue weighted by atomic mass is 10.1. The Kier molecular flexibility index (Phi) is 5.02. The van der Waals surface area contributed by atoms with Crippen molar-refractivity contribution < 1.29 is 9.66 Å². The highest BCUT2D eigenvalue weighted by atomic mass is 79.9. The zero-order chi connectivity index (χ0) is 22.4. The smallest absolute Gasteiger partial charge is 0.330 e. The lowest BCUT2D eigenvalue weighted by molar-refractivity contribution is -0.384. The second-order valence-electron chi connectivity index (χ2n) is 6.93. The van der Waals surface area contributed by atoms with E-state index in [9.17, 15) is 19.7 Å². The van der Waals surface area contributed by atoms with Gasteiger partial charge in [-0.3, -0.25) is 24.0 Å². The Morgan fingerprint density at radius 1 is 1.03 bits per heavy atom. The summed E-state index contributed by atoms with van der Waals surface area (Å²) in [7, 11) is 4.54. The lowest BCUT2D eigenvalue weighted by Crippen LogP contribution is -2.36. The first kappa shape index (κ1) is 20.6. The van der Waals surface area contributed by atoms with Crippen molar-refractivity contribution in [3.05, 3.63) is 84.1 Å². The molecule has 0 bridgehead atoms. The number of benzene rings is 2. The molecule has 0 saturated carbocycles. The fraction of sp³-hybridized carbons (Fsp3) is 0.143. The second-order valence-corrected chi connectivity index (χ2v) is 7.79. The summed E-state index contributed by atoms with van der Waals surface area (Å²) < 4.78 is 9.94. The lowest BCUT2D eigenvalue weighted by Gasteiger charge is -2.12. The van der Waals surface area contributed by atoms with Gasteiger partial charge in [-0.15, -0.1) is 0 Å². The molecule has 2 aromatic carbocycles. The molecule has 0 atom stereocenters. The summed E-state index contributed by atoms with van der Waals surface area (Å²) in [6.45, 7) is 0. The molecule has 9 nitrogen and oxygen atoms in total. The second kappa shape index (κ2) is 7.55. The van der Waals surface area contributed by atoms with E-state index in [-0.39, 0.29) is 11.1 Å². The summed E-state index contributed by atoms with van der Waals surface area (Å²) in [6.07, 6.45) is 1.68. The van der Waals surface area contributed by atoms with Crippen molar-refractivity contribution in [2.24, 2.45) is 14.1 Å². The van der Waals surface area contributed by atoms with E-state index in [4.69, 9.17) is 4.74 Å². The number of hydrogen-bond acceptors (Lipinski definition) is 5. The van der Waals surface area contributed by atoms with Crippen LogP contribution in [0.15, 0.2) is 62.7 Å². The summed E-state index contributed by atoms with van der Waals surface area (Å²) in [6, 6.07) is 11.5. The maximum atomic E-state index is 13.1. The summed E-state index contributed by atoms with van der Waals surface area (Å²) in [5.74, 6) is 0.654. The minimum atomic E-state index is -0.493. The van der Waals surface area contributed by atoms with E-state index in [1.54, 1.807) is 55.3 Å². The maximum absolute atomic E-state index is 13.1. The third-order valence-corrected chi connectivity index (χ3v) is 5.90. The van der Waals surface area contributed by atoms with E-state index < -0.39 is 16.2 Å². The Balaban J connectivity index is 2.19. The predicted octanol–water partition coefficient (Wildman–Crippen LogP) is 3.37. The van der Waals surface area contributed by atoms with Crippen LogP contribution >= 0.6 is 15.9 Å². The monoisotopic (exact) mass is 484 g/mol. The number of non-ortho nitro benzene ring substituents is 1. The summed E-state index contributed by atoms with van der Waals surface area (Å²) in [5.41, 5.74) is 0.934. The van der Waals surface area contributed by atoms with Crippen LogP contribution in [0.4, 0.5) is 5.69 Å². The molecule has 0 saturated heterocycles. The molecule has 31 heavy (non-hydrogen) atoms. The minimum absolute atomic E-state index is 0.115. The summed E-state index contributed by atoms with van der Waals surface area (Å²) in [4.78, 5) is 36.5. The van der Waals surface area contributed by atoms with Gasteiger partial charge in [-0.25, -0.2) is 4.79 Å². The van der Waals surface area contributed by atoms with Crippen LogP contribution in [0.5, 0.6) is 5.75 Å². The van der Waals surface area contributed by atoms with Gasteiger partial charge in [0, 0.05) is 48.1 Å². The fourth-order valence-electron chi connectivity index (χ4n) is 3.56. The van der Waals surface area contributed by atoms with Gasteiger partial charge in [0.15, 0.2) is 0 Å². The number of fused-ring (bicyclic) bond motifs is 1. The van der Waals surface area contributed by atoms with Crippen molar-refractivity contribution in [2.75, 3.05) is 7.11 Å². The van der Waals surface area contributed by atoms with Gasteiger partial charge >= 0.3 is 5.69 Å². The molecule has 2 aromatic heterocycles. The molecule has 0 unspecified atom stereocenters. The average Bonchev–Trinajstić information content (AvgIpc) is 3.17. The SMILES string of the molecule is COc1ccc(-n2cc3c(c2-c2cc([N+](=O)[O-])ccc2Br)c(=O)n(C)c(=O)n3C)cc1. The van der Waals surface area contributed by atoms with Crippen molar-refractivity contribution in [2.45, 2.75) is 0 Å². The zero-order valence-electron chi connectivity index (χ0n) is 16.8. The van der Waals surface area contributed by atoms with E-state index >= 15 is 0 Å². The molecule has 0 fully saturated rings. The van der Waals surface area contributed by atoms with Crippen molar-refractivity contribution in [3.63, 3.8) is 0 Å². The van der Waals surface area contributed by atoms with Crippen LogP contribution in [0.25, 0.3) is 27.8 Å². The summed E-state index contributed by atoms with van der Waals surface area (Å²) in [5, 5.41) is 11.7. The Morgan fingerprint density at radius 3 is 2.32 bits per heavy atom. The Hall–Kier alpha value is -3.66. The minimum Gasteiger partial charge on any atom is -0.497 e. The molecule has 0 aliphatic carbocycles. The molecule has 4 aromatic rings. The first-order chi connectivity index (χ1) is 14.7. The number of halogens is 1. The molecular formula is C21H17BrN4O5. The molecule has 158 valence electrons. The van der Waals surface area contributed by atoms with E-state index in [2.05, 4.69) is 15.9 Å². The predicted molar refractivity (Wildman–Crippen MR) is 120 cm³/mol. The number of ether oxygens (including phenoxy) is 1. The van der Waals surface area contributed by atoms with Crippen LogP contribution in [0.2, 0.25) is 0 Å². The maximum Gasteiger partial charge on any atom is 0.330 e. The highest BCUT2D eigenvalue weighted by Crippen LogP contribution is 2.37. The number of aromatic nitrogens is 3. The molecule has 0 amide bonds. The van der Waals surface area contributed by atoms with Crippen molar-refractivity contribution in [1.29, 1.82) is 0 Å². The van der Waals surface area contributed by atoms with E-state index in [0.29, 0.717) is 32.7 Å². The standard InChI is InChI=1S/C21H17BrN4O5/c1-23-17-11-25(12-4-7-14(31-3)8-5-12)19(18(17)20(27)24(2)21(23)28)15-10-13(26(29)30)6-9-16(15)22/h4-11H,1-3H3. The van der Waals surface area contributed by atoms with Crippen LogP contribution in [-0.4, -0.2) is 25.7 Å². The van der Waals surface area contributed by atoms with Crippen LogP contribution in [-0.2, 0) is 14.1 Å². The first-order valence-corrected chi connectivity index (χ1v) is 9.93. The van der Waals surface area contributed by atoms with Gasteiger partial charge < -0.3 is 9.30 Å². The number of aryl methyl sites for hydroxylation is 1. The molecule has 10 heteroatoms. The Labute approximate surface area is 184 Å². The molecule has 0 aliphatic rings. The third-order valence-electron chi connectivity index (χ3n) is 5.21. The highest BCUT2D eigenvalue weighted by molar-refractivity contribution is 9.10. The van der Waals surface area contributed by atoms with Gasteiger partial charge in [-0.1, -0.05) is 15.9 Å². The molecule has 4 rings (SSSR count). The van der Waals surface area contributed by atoms with Crippen molar-refractivity contribution in [1.82, 2.24) is 13.7 Å². The fourth-order valence-corrected chi connectivity index (χ4v) is 3.99. The van der Waals surface area contributed by atoms with Gasteiger partial charge in [0.05, 0.1) is 28.6 Å². The number of methoxy groups -OCH3 is 1. The van der Waals surface area contributed by atoms with Gasteiger partial charge in [-0.2, -0.15) is 0 Å². The zero-order valence-corrected chi connectivity index (χ0v) is 18.4. The molecule has 0 radical (unpaired) electrons. The topological polar surface area (TPSA) is 101 Å². The van der Waals surface area contributed by atoms with Gasteiger partial charge in [-0.05, 0) is 30.3 Å². The molecule has 0 aliphatic heterocycles. The van der Waals surface area contributed by atoms with Crippen molar-refractivity contribution >= 4 is 32.5 Å². The quantitative estimate of drug-likeness (QED) is 0.326. The van der Waals surface area contributed by atoms with Crippen LogP contribution in [0.3, 0.4) is 0 Å². The van der Waals surface area contributed by atoms with Crippen LogP contribution in [0.1, 0.15) is 0 Å². The van der Waals surface area contributed by atoms with E-state index in [1.165, 1.54) is 23.7 Å². The highest BCUT2D eigenvalue weighted by Gasteiger charge is 2.23. The van der Waals surface area contributed by atoms with Crippen molar-refractivity contribution in [3.8, 4) is 22.7 Å². The van der Waals surface area contributed by atoms with Gasteiger partial charge in [0.25, 0.3) is 11.2 Å². The third kappa shape index (κ3) is 3.25. The average molecular weight is 485 g/mol. The number of rotatable bonds is 4. The number of hydrogen-bond donors (Lipinski definition) is 0. The largest absolute Gasteiger partial charge is 0.497 e. The Morgan fingerprint density at radius 2 is 1.71 bits per heavy atom. The normalized spacial score (nSPS) is 11.1. The first-order valence-electron chi connectivity index (χ1n) is 9.14. The van der Waals surface area contributed by atoms with Crippen LogP contribution < -0.4 is 16.0 Å². The van der Waals surface area contributed by atoms with E-state index in [0.717, 1.165) is 4.57 Å². The summed E-state index contributed by atoms with van der Waals surface area (Å²) >= 11 is 3.46. The molecule has 0 N–H and O–H groups in total. The number of nitro groups is 1. The van der Waals surface area contributed by atoms with Gasteiger partial charge in [0.2, 0.25) is 0 Å². The number of nitrogens with zero attached hydrogens (tertiary/aromatic N) is 4.